The van der Waals surface area contributed by atoms with Crippen molar-refractivity contribution < 1.29 is 9.50 Å². The van der Waals surface area contributed by atoms with Gasteiger partial charge in [-0.3, -0.25) is 5.10 Å². The molecule has 0 saturated carbocycles. The van der Waals surface area contributed by atoms with Crippen LogP contribution in [0.5, 0.6) is 0 Å². The van der Waals surface area contributed by atoms with Crippen LogP contribution in [-0.2, 0) is 0 Å². The molecule has 4 nitrogen and oxygen atoms in total. The first-order valence-corrected chi connectivity index (χ1v) is 4.82. The van der Waals surface area contributed by atoms with E-state index in [1.165, 1.54) is 12.3 Å². The number of rotatable bonds is 2. The molecule has 2 rings (SSSR count). The highest BCUT2D eigenvalue weighted by Gasteiger charge is 2.16. The topological polar surface area (TPSA) is 74.9 Å². The average Bonchev–Trinajstić information content (AvgIpc) is 2.67. The molecule has 0 saturated heterocycles. The molecule has 0 fully saturated rings. The van der Waals surface area contributed by atoms with E-state index in [1.807, 2.05) is 0 Å². The van der Waals surface area contributed by atoms with Crippen molar-refractivity contribution in [2.24, 2.45) is 0 Å². The molecule has 1 aromatic carbocycles. The van der Waals surface area contributed by atoms with Crippen molar-refractivity contribution in [3.8, 4) is 0 Å². The van der Waals surface area contributed by atoms with E-state index in [2.05, 4.69) is 10.2 Å². The molecule has 0 amide bonds. The van der Waals surface area contributed by atoms with Gasteiger partial charge in [0.2, 0.25) is 0 Å². The number of H-pyrrole nitrogens is 1. The van der Waals surface area contributed by atoms with Gasteiger partial charge in [-0.25, -0.2) is 4.39 Å². The van der Waals surface area contributed by atoms with E-state index in [1.54, 1.807) is 19.1 Å². The Morgan fingerprint density at radius 2 is 2.25 bits per heavy atom. The average molecular weight is 221 g/mol. The van der Waals surface area contributed by atoms with Gasteiger partial charge in [-0.15, -0.1) is 0 Å². The molecule has 0 aliphatic rings. The van der Waals surface area contributed by atoms with Crippen LogP contribution >= 0.6 is 0 Å². The number of aliphatic hydroxyl groups is 1. The van der Waals surface area contributed by atoms with E-state index < -0.39 is 6.10 Å². The summed E-state index contributed by atoms with van der Waals surface area (Å²) >= 11 is 0. The normalized spacial score (nSPS) is 12.7. The molecule has 0 spiro atoms. The van der Waals surface area contributed by atoms with Gasteiger partial charge in [0.1, 0.15) is 17.7 Å². The number of nitrogens with two attached hydrogens (primary N) is 1. The maximum absolute atomic E-state index is 13.3. The Kier molecular flexibility index (Phi) is 2.62. The predicted molar refractivity (Wildman–Crippen MR) is 58.2 cm³/mol. The first-order chi connectivity index (χ1) is 7.59. The fraction of sp³-hybridized carbons (Fsp3) is 0.182. The number of nitrogen functional groups attached to an aromatic ring is 1. The van der Waals surface area contributed by atoms with Crippen molar-refractivity contribution in [1.82, 2.24) is 10.2 Å². The minimum atomic E-state index is -0.964. The van der Waals surface area contributed by atoms with E-state index in [0.717, 1.165) is 0 Å². The van der Waals surface area contributed by atoms with Crippen LogP contribution in [0.1, 0.15) is 22.8 Å². The Balaban J connectivity index is 2.38. The Hall–Kier alpha value is -1.88. The summed E-state index contributed by atoms with van der Waals surface area (Å²) in [5.74, 6) is -0.0629. The first kappa shape index (κ1) is 10.6. The third-order valence-corrected chi connectivity index (χ3v) is 2.51. The van der Waals surface area contributed by atoms with Gasteiger partial charge in [-0.1, -0.05) is 12.1 Å². The van der Waals surface area contributed by atoms with Gasteiger partial charge < -0.3 is 10.8 Å². The van der Waals surface area contributed by atoms with E-state index in [0.29, 0.717) is 16.7 Å². The molecule has 0 bridgehead atoms. The third-order valence-electron chi connectivity index (χ3n) is 2.51. The zero-order valence-electron chi connectivity index (χ0n) is 8.74. The Morgan fingerprint density at radius 3 is 2.81 bits per heavy atom. The van der Waals surface area contributed by atoms with Crippen molar-refractivity contribution in [2.75, 3.05) is 5.73 Å². The van der Waals surface area contributed by atoms with Gasteiger partial charge in [0, 0.05) is 5.56 Å². The second-order valence-corrected chi connectivity index (χ2v) is 3.65. The summed E-state index contributed by atoms with van der Waals surface area (Å²) in [7, 11) is 0. The summed E-state index contributed by atoms with van der Waals surface area (Å²) in [6, 6.07) is 4.58. The highest BCUT2D eigenvalue weighted by molar-refractivity contribution is 5.43. The van der Waals surface area contributed by atoms with E-state index in [-0.39, 0.29) is 11.6 Å². The van der Waals surface area contributed by atoms with E-state index >= 15 is 0 Å². The Labute approximate surface area is 91.9 Å². The van der Waals surface area contributed by atoms with Crippen molar-refractivity contribution in [3.63, 3.8) is 0 Å². The van der Waals surface area contributed by atoms with Crippen molar-refractivity contribution in [1.29, 1.82) is 0 Å². The van der Waals surface area contributed by atoms with Crippen molar-refractivity contribution >= 4 is 5.82 Å². The molecule has 1 unspecified atom stereocenters. The number of hydrogen-bond acceptors (Lipinski definition) is 3. The molecule has 1 heterocycles. The summed E-state index contributed by atoms with van der Waals surface area (Å²) in [5, 5.41) is 16.2. The number of aryl methyl sites for hydroxylation is 1. The van der Waals surface area contributed by atoms with E-state index in [4.69, 9.17) is 5.73 Å². The minimum absolute atomic E-state index is 0.286. The lowest BCUT2D eigenvalue weighted by molar-refractivity contribution is 0.220. The lowest BCUT2D eigenvalue weighted by Crippen LogP contribution is -2.02. The summed E-state index contributed by atoms with van der Waals surface area (Å²) < 4.78 is 13.3. The third kappa shape index (κ3) is 1.77. The number of hydrogen-bond donors (Lipinski definition) is 3. The SMILES string of the molecule is Cc1ccc(C(O)c2cn[nH]c2N)cc1F. The summed E-state index contributed by atoms with van der Waals surface area (Å²) in [6.07, 6.45) is 0.464. The molecular formula is C11H12FN3O. The number of aromatic amines is 1. The van der Waals surface area contributed by atoms with Crippen molar-refractivity contribution in [2.45, 2.75) is 13.0 Å². The molecular weight excluding hydrogens is 209 g/mol. The number of halogens is 1. The van der Waals surface area contributed by atoms with Gasteiger partial charge in [-0.05, 0) is 24.1 Å². The molecule has 16 heavy (non-hydrogen) atoms. The zero-order valence-corrected chi connectivity index (χ0v) is 8.74. The molecule has 2 aromatic rings. The number of aliphatic hydroxyl groups excluding tert-OH is 1. The second-order valence-electron chi connectivity index (χ2n) is 3.65. The number of benzene rings is 1. The van der Waals surface area contributed by atoms with Crippen LogP contribution in [0, 0.1) is 12.7 Å². The molecule has 5 heteroatoms. The fourth-order valence-corrected chi connectivity index (χ4v) is 1.48. The Morgan fingerprint density at radius 1 is 1.50 bits per heavy atom. The van der Waals surface area contributed by atoms with Gasteiger partial charge in [0.05, 0.1) is 6.20 Å². The highest BCUT2D eigenvalue weighted by Crippen LogP contribution is 2.25. The first-order valence-electron chi connectivity index (χ1n) is 4.82. The second kappa shape index (κ2) is 3.94. The molecule has 1 atom stereocenters. The van der Waals surface area contributed by atoms with Crippen LogP contribution in [0.15, 0.2) is 24.4 Å². The predicted octanol–water partition coefficient (Wildman–Crippen LogP) is 1.52. The smallest absolute Gasteiger partial charge is 0.126 e. The minimum Gasteiger partial charge on any atom is -0.384 e. The number of nitrogens with zero attached hydrogens (tertiary/aromatic N) is 1. The van der Waals surface area contributed by atoms with Crippen molar-refractivity contribution in [3.05, 3.63) is 46.9 Å². The number of anilines is 1. The largest absolute Gasteiger partial charge is 0.384 e. The highest BCUT2D eigenvalue weighted by atomic mass is 19.1. The number of nitrogens with one attached hydrogen (secondary N) is 1. The molecule has 4 N–H and O–H groups in total. The Bertz CT molecular complexity index is 510. The van der Waals surface area contributed by atoms with Crippen LogP contribution in [0.2, 0.25) is 0 Å². The van der Waals surface area contributed by atoms with Gasteiger partial charge in [0.15, 0.2) is 0 Å². The summed E-state index contributed by atoms with van der Waals surface area (Å²) in [6.45, 7) is 1.66. The van der Waals surface area contributed by atoms with Gasteiger partial charge >= 0.3 is 0 Å². The standard InChI is InChI=1S/C11H12FN3O/c1-6-2-3-7(4-9(6)12)10(16)8-5-14-15-11(8)13/h2-5,10,16H,1H3,(H3,13,14,15). The van der Waals surface area contributed by atoms with Crippen LogP contribution < -0.4 is 5.73 Å². The van der Waals surface area contributed by atoms with Crippen LogP contribution in [-0.4, -0.2) is 15.3 Å². The fourth-order valence-electron chi connectivity index (χ4n) is 1.48. The van der Waals surface area contributed by atoms with Gasteiger partial charge in [-0.2, -0.15) is 5.10 Å². The molecule has 1 aromatic heterocycles. The number of aromatic nitrogens is 2. The van der Waals surface area contributed by atoms with Crippen LogP contribution in [0.25, 0.3) is 0 Å². The van der Waals surface area contributed by atoms with Crippen LogP contribution in [0.4, 0.5) is 10.2 Å². The maximum Gasteiger partial charge on any atom is 0.126 e. The molecule has 0 aliphatic carbocycles. The zero-order chi connectivity index (χ0) is 11.7. The monoisotopic (exact) mass is 221 g/mol. The summed E-state index contributed by atoms with van der Waals surface area (Å²) in [4.78, 5) is 0. The molecule has 0 radical (unpaired) electrons. The maximum atomic E-state index is 13.3. The lowest BCUT2D eigenvalue weighted by Gasteiger charge is -2.10. The quantitative estimate of drug-likeness (QED) is 0.719. The summed E-state index contributed by atoms with van der Waals surface area (Å²) in [5.41, 5.74) is 7.02. The molecule has 84 valence electrons. The van der Waals surface area contributed by atoms with E-state index in [9.17, 15) is 9.50 Å². The van der Waals surface area contributed by atoms with Gasteiger partial charge in [0.25, 0.3) is 0 Å². The molecule has 0 aliphatic heterocycles. The van der Waals surface area contributed by atoms with Crippen LogP contribution in [0.3, 0.4) is 0 Å². The lowest BCUT2D eigenvalue weighted by atomic mass is 10.0.